The van der Waals surface area contributed by atoms with E-state index < -0.39 is 6.10 Å². The normalized spacial score (nSPS) is 19.7. The summed E-state index contributed by atoms with van der Waals surface area (Å²) in [5.41, 5.74) is 3.69. The summed E-state index contributed by atoms with van der Waals surface area (Å²) in [6.45, 7) is 2.48. The lowest BCUT2D eigenvalue weighted by Gasteiger charge is -2.28. The number of carbonyl (C=O) groups is 1. The quantitative estimate of drug-likeness (QED) is 0.705. The molecule has 1 aliphatic carbocycles. The first-order chi connectivity index (χ1) is 13.5. The topological polar surface area (TPSA) is 80.0 Å². The summed E-state index contributed by atoms with van der Waals surface area (Å²) in [6.07, 6.45) is 8.20. The van der Waals surface area contributed by atoms with Crippen molar-refractivity contribution in [2.24, 2.45) is 0 Å². The highest BCUT2D eigenvalue weighted by molar-refractivity contribution is 6.35. The summed E-state index contributed by atoms with van der Waals surface area (Å²) in [7, 11) is 0. The molecule has 3 heterocycles. The fourth-order valence-corrected chi connectivity index (χ4v) is 4.02. The van der Waals surface area contributed by atoms with E-state index >= 15 is 0 Å². The van der Waals surface area contributed by atoms with Crippen LogP contribution in [0.15, 0.2) is 36.8 Å². The van der Waals surface area contributed by atoms with Gasteiger partial charge in [0.1, 0.15) is 5.52 Å². The van der Waals surface area contributed by atoms with E-state index in [0.29, 0.717) is 28.2 Å². The third-order valence-electron chi connectivity index (χ3n) is 5.30. The van der Waals surface area contributed by atoms with E-state index in [0.717, 1.165) is 36.9 Å². The number of halogens is 1. The molecule has 0 unspecified atom stereocenters. The van der Waals surface area contributed by atoms with Gasteiger partial charge in [-0.05, 0) is 37.5 Å². The van der Waals surface area contributed by atoms with Crippen molar-refractivity contribution in [3.63, 3.8) is 0 Å². The fourth-order valence-electron chi connectivity index (χ4n) is 3.77. The molecule has 4 rings (SSSR count). The molecule has 2 N–H and O–H groups in total. The number of nitrogens with one attached hydrogen (secondary N) is 1. The first-order valence-corrected chi connectivity index (χ1v) is 9.94. The highest BCUT2D eigenvalue weighted by Gasteiger charge is 2.27. The van der Waals surface area contributed by atoms with Crippen LogP contribution < -0.4 is 5.32 Å². The number of fused-ring (bicyclic) bond motifs is 1. The van der Waals surface area contributed by atoms with Crippen molar-refractivity contribution in [1.82, 2.24) is 19.9 Å². The van der Waals surface area contributed by atoms with E-state index in [2.05, 4.69) is 15.3 Å². The second kappa shape index (κ2) is 7.89. The second-order valence-electron chi connectivity index (χ2n) is 7.42. The van der Waals surface area contributed by atoms with Gasteiger partial charge < -0.3 is 15.0 Å². The predicted molar refractivity (Wildman–Crippen MR) is 109 cm³/mol. The summed E-state index contributed by atoms with van der Waals surface area (Å²) in [4.78, 5) is 21.8. The Morgan fingerprint density at radius 1 is 1.29 bits per heavy atom. The number of pyridine rings is 2. The molecular formula is C21H23ClN4O2. The van der Waals surface area contributed by atoms with Crippen molar-refractivity contribution in [3.05, 3.63) is 58.6 Å². The average Bonchev–Trinajstić information content (AvgIpc) is 3.05. The van der Waals surface area contributed by atoms with Crippen LogP contribution in [-0.4, -0.2) is 37.7 Å². The molecule has 0 aromatic carbocycles. The van der Waals surface area contributed by atoms with Crippen LogP contribution in [0, 0.1) is 6.92 Å². The standard InChI is InChI=1S/C21H23ClN4O2/c1-13-6-7-14(24-10-13)11-26-12-15(19-20(26)16(22)8-9-23-19)21(28)25-17-4-2-3-5-18(17)27/h6-10,12,17-18,27H,2-5,11H2,1H3,(H,25,28)/t17-,18-/m0/s1. The van der Waals surface area contributed by atoms with E-state index in [1.54, 1.807) is 18.5 Å². The Bertz CT molecular complexity index is 1000. The minimum atomic E-state index is -0.501. The van der Waals surface area contributed by atoms with E-state index in [4.69, 9.17) is 11.6 Å². The lowest BCUT2D eigenvalue weighted by atomic mass is 9.92. The number of carbonyl (C=O) groups excluding carboxylic acids is 1. The fraction of sp³-hybridized carbons (Fsp3) is 0.381. The third kappa shape index (κ3) is 3.75. The van der Waals surface area contributed by atoms with Gasteiger partial charge >= 0.3 is 0 Å². The van der Waals surface area contributed by atoms with Gasteiger partial charge in [0.2, 0.25) is 0 Å². The Morgan fingerprint density at radius 2 is 2.11 bits per heavy atom. The number of aromatic nitrogens is 3. The van der Waals surface area contributed by atoms with Crippen molar-refractivity contribution >= 4 is 28.5 Å². The van der Waals surface area contributed by atoms with E-state index in [1.807, 2.05) is 29.8 Å². The number of nitrogens with zero attached hydrogens (tertiary/aromatic N) is 3. The van der Waals surface area contributed by atoms with Crippen LogP contribution >= 0.6 is 11.6 Å². The molecule has 1 amide bonds. The molecule has 7 heteroatoms. The molecule has 3 aromatic rings. The van der Waals surface area contributed by atoms with Crippen LogP contribution in [0.25, 0.3) is 11.0 Å². The van der Waals surface area contributed by atoms with Gasteiger partial charge in [0, 0.05) is 18.6 Å². The summed E-state index contributed by atoms with van der Waals surface area (Å²) in [5, 5.41) is 13.7. The molecular weight excluding hydrogens is 376 g/mol. The number of hydrogen-bond donors (Lipinski definition) is 2. The maximum atomic E-state index is 13.0. The summed E-state index contributed by atoms with van der Waals surface area (Å²) in [6, 6.07) is 5.46. The molecule has 1 fully saturated rings. The van der Waals surface area contributed by atoms with Gasteiger partial charge in [0.25, 0.3) is 5.91 Å². The predicted octanol–water partition coefficient (Wildman–Crippen LogP) is 3.47. The second-order valence-corrected chi connectivity index (χ2v) is 7.83. The molecule has 146 valence electrons. The van der Waals surface area contributed by atoms with Gasteiger partial charge in [-0.2, -0.15) is 0 Å². The Hall–Kier alpha value is -2.44. The van der Waals surface area contributed by atoms with Crippen LogP contribution in [-0.2, 0) is 6.54 Å². The third-order valence-corrected chi connectivity index (χ3v) is 5.60. The largest absolute Gasteiger partial charge is 0.391 e. The molecule has 3 aromatic heterocycles. The Balaban J connectivity index is 1.67. The summed E-state index contributed by atoms with van der Waals surface area (Å²) >= 11 is 6.43. The van der Waals surface area contributed by atoms with Gasteiger partial charge in [-0.15, -0.1) is 0 Å². The molecule has 2 atom stereocenters. The number of aliphatic hydroxyl groups is 1. The number of rotatable bonds is 4. The van der Waals surface area contributed by atoms with Crippen LogP contribution in [0.5, 0.6) is 0 Å². The zero-order chi connectivity index (χ0) is 19.7. The molecule has 0 bridgehead atoms. The monoisotopic (exact) mass is 398 g/mol. The Labute approximate surface area is 168 Å². The molecule has 6 nitrogen and oxygen atoms in total. The van der Waals surface area contributed by atoms with Crippen molar-refractivity contribution < 1.29 is 9.90 Å². The number of aliphatic hydroxyl groups excluding tert-OH is 1. The first-order valence-electron chi connectivity index (χ1n) is 9.57. The smallest absolute Gasteiger partial charge is 0.255 e. The zero-order valence-corrected chi connectivity index (χ0v) is 16.5. The van der Waals surface area contributed by atoms with Crippen molar-refractivity contribution in [2.75, 3.05) is 0 Å². The lowest BCUT2D eigenvalue weighted by molar-refractivity contribution is 0.0718. The highest BCUT2D eigenvalue weighted by atomic mass is 35.5. The number of hydrogen-bond acceptors (Lipinski definition) is 4. The van der Waals surface area contributed by atoms with Crippen LogP contribution in [0.4, 0.5) is 0 Å². The van der Waals surface area contributed by atoms with Crippen LogP contribution in [0.2, 0.25) is 5.02 Å². The molecule has 1 saturated carbocycles. The van der Waals surface area contributed by atoms with E-state index in [1.165, 1.54) is 0 Å². The maximum Gasteiger partial charge on any atom is 0.255 e. The minimum Gasteiger partial charge on any atom is -0.391 e. The molecule has 0 saturated heterocycles. The molecule has 0 aliphatic heterocycles. The molecule has 1 aliphatic rings. The van der Waals surface area contributed by atoms with Crippen molar-refractivity contribution in [2.45, 2.75) is 51.3 Å². The highest BCUT2D eigenvalue weighted by Crippen LogP contribution is 2.27. The summed E-state index contributed by atoms with van der Waals surface area (Å²) < 4.78 is 1.91. The van der Waals surface area contributed by atoms with Crippen molar-refractivity contribution in [1.29, 1.82) is 0 Å². The van der Waals surface area contributed by atoms with Crippen LogP contribution in [0.3, 0.4) is 0 Å². The van der Waals surface area contributed by atoms with E-state index in [-0.39, 0.29) is 11.9 Å². The Morgan fingerprint density at radius 3 is 2.86 bits per heavy atom. The average molecular weight is 399 g/mol. The maximum absolute atomic E-state index is 13.0. The summed E-state index contributed by atoms with van der Waals surface area (Å²) in [5.74, 6) is -0.235. The van der Waals surface area contributed by atoms with Gasteiger partial charge in [-0.25, -0.2) is 0 Å². The van der Waals surface area contributed by atoms with Gasteiger partial charge in [-0.1, -0.05) is 30.5 Å². The van der Waals surface area contributed by atoms with Crippen LogP contribution in [0.1, 0.15) is 47.3 Å². The van der Waals surface area contributed by atoms with Gasteiger partial charge in [0.15, 0.2) is 0 Å². The van der Waals surface area contributed by atoms with Gasteiger partial charge in [-0.3, -0.25) is 14.8 Å². The molecule has 0 radical (unpaired) electrons. The molecule has 28 heavy (non-hydrogen) atoms. The first kappa shape index (κ1) is 18.9. The number of amides is 1. The lowest BCUT2D eigenvalue weighted by Crippen LogP contribution is -2.45. The SMILES string of the molecule is Cc1ccc(Cn2cc(C(=O)N[C@H]3CCCC[C@@H]3O)c3nccc(Cl)c32)nc1. The number of aryl methyl sites for hydroxylation is 1. The van der Waals surface area contributed by atoms with E-state index in [9.17, 15) is 9.90 Å². The van der Waals surface area contributed by atoms with Gasteiger partial charge in [0.05, 0.1) is 40.5 Å². The van der Waals surface area contributed by atoms with Crippen molar-refractivity contribution in [3.8, 4) is 0 Å². The minimum absolute atomic E-state index is 0.224. The Kier molecular flexibility index (Phi) is 5.33. The zero-order valence-electron chi connectivity index (χ0n) is 15.7. The molecule has 0 spiro atoms.